The molecule has 1 N–H and O–H groups in total. The summed E-state index contributed by atoms with van der Waals surface area (Å²) in [6.07, 6.45) is 6.42. The van der Waals surface area contributed by atoms with Crippen molar-refractivity contribution in [1.82, 2.24) is 15.2 Å². The maximum absolute atomic E-state index is 12.3. The highest BCUT2D eigenvalue weighted by molar-refractivity contribution is 5.77. The number of nitrogens with one attached hydrogen (secondary N) is 1. The fourth-order valence-corrected chi connectivity index (χ4v) is 2.64. The van der Waals surface area contributed by atoms with E-state index in [0.717, 1.165) is 19.5 Å². The fraction of sp³-hybridized carbons (Fsp3) is 0.600. The summed E-state index contributed by atoms with van der Waals surface area (Å²) in [5, 5.41) is 3.27. The van der Waals surface area contributed by atoms with Crippen LogP contribution >= 0.6 is 0 Å². The summed E-state index contributed by atoms with van der Waals surface area (Å²) in [6, 6.07) is 4.43. The number of amides is 1. The highest BCUT2D eigenvalue weighted by atomic mass is 16.2. The standard InChI is InChI=1S/C15H23N3O/c1-12(13-5-7-17-8-6-13)10-15(19)18-9-3-4-14(11-18)16-2/h5-8,12,14,16H,3-4,9-11H2,1-2H3/t12-,14-/m0/s1. The molecule has 4 heteroatoms. The van der Waals surface area contributed by atoms with Crippen molar-refractivity contribution < 1.29 is 4.79 Å². The molecular weight excluding hydrogens is 238 g/mol. The minimum Gasteiger partial charge on any atom is -0.341 e. The normalized spacial score (nSPS) is 21.2. The fourth-order valence-electron chi connectivity index (χ4n) is 2.64. The van der Waals surface area contributed by atoms with Crippen LogP contribution in [0.25, 0.3) is 0 Å². The molecule has 2 rings (SSSR count). The van der Waals surface area contributed by atoms with Gasteiger partial charge >= 0.3 is 0 Å². The molecule has 4 nitrogen and oxygen atoms in total. The number of nitrogens with zero attached hydrogens (tertiary/aromatic N) is 2. The van der Waals surface area contributed by atoms with E-state index in [1.54, 1.807) is 12.4 Å². The Morgan fingerprint density at radius 3 is 2.95 bits per heavy atom. The van der Waals surface area contributed by atoms with Gasteiger partial charge in [0.25, 0.3) is 0 Å². The first kappa shape index (κ1) is 14.0. The SMILES string of the molecule is CN[C@H]1CCCN(C(=O)C[C@H](C)c2ccncc2)C1. The second kappa shape index (κ2) is 6.66. The van der Waals surface area contributed by atoms with Gasteiger partial charge in [0.2, 0.25) is 5.91 Å². The largest absolute Gasteiger partial charge is 0.341 e. The van der Waals surface area contributed by atoms with Crippen molar-refractivity contribution in [3.63, 3.8) is 0 Å². The second-order valence-electron chi connectivity index (χ2n) is 5.35. The Bertz CT molecular complexity index is 407. The Morgan fingerprint density at radius 1 is 1.53 bits per heavy atom. The molecule has 2 heterocycles. The van der Waals surface area contributed by atoms with Crippen LogP contribution in [0.5, 0.6) is 0 Å². The summed E-state index contributed by atoms with van der Waals surface area (Å²) in [6.45, 7) is 3.85. The molecular formula is C15H23N3O. The van der Waals surface area contributed by atoms with Gasteiger partial charge < -0.3 is 10.2 Å². The van der Waals surface area contributed by atoms with Gasteiger partial charge in [-0.25, -0.2) is 0 Å². The van der Waals surface area contributed by atoms with E-state index >= 15 is 0 Å². The molecule has 0 aliphatic carbocycles. The van der Waals surface area contributed by atoms with Gasteiger partial charge in [0.15, 0.2) is 0 Å². The molecule has 0 radical (unpaired) electrons. The quantitative estimate of drug-likeness (QED) is 0.898. The van der Waals surface area contributed by atoms with Gasteiger partial charge in [-0.3, -0.25) is 9.78 Å². The number of aromatic nitrogens is 1. The maximum atomic E-state index is 12.3. The van der Waals surface area contributed by atoms with Crippen LogP contribution < -0.4 is 5.32 Å². The average molecular weight is 261 g/mol. The van der Waals surface area contributed by atoms with Gasteiger partial charge in [0, 0.05) is 37.9 Å². The van der Waals surface area contributed by atoms with Crippen molar-refractivity contribution in [2.45, 2.75) is 38.1 Å². The van der Waals surface area contributed by atoms with Gasteiger partial charge in [-0.15, -0.1) is 0 Å². The van der Waals surface area contributed by atoms with E-state index < -0.39 is 0 Å². The van der Waals surface area contributed by atoms with E-state index in [4.69, 9.17) is 0 Å². The Labute approximate surface area is 115 Å². The molecule has 1 saturated heterocycles. The molecule has 0 bridgehead atoms. The molecule has 104 valence electrons. The zero-order valence-corrected chi connectivity index (χ0v) is 11.8. The van der Waals surface area contributed by atoms with Gasteiger partial charge in [-0.2, -0.15) is 0 Å². The lowest BCUT2D eigenvalue weighted by atomic mass is 9.97. The van der Waals surface area contributed by atoms with E-state index in [2.05, 4.69) is 17.2 Å². The van der Waals surface area contributed by atoms with E-state index in [1.165, 1.54) is 12.0 Å². The van der Waals surface area contributed by atoms with Crippen LogP contribution in [0.3, 0.4) is 0 Å². The molecule has 0 spiro atoms. The van der Waals surface area contributed by atoms with Crippen LogP contribution in [0, 0.1) is 0 Å². The van der Waals surface area contributed by atoms with Gasteiger partial charge in [-0.1, -0.05) is 6.92 Å². The van der Waals surface area contributed by atoms with Gasteiger partial charge in [0.1, 0.15) is 0 Å². The lowest BCUT2D eigenvalue weighted by molar-refractivity contribution is -0.132. The molecule has 2 atom stereocenters. The predicted molar refractivity (Wildman–Crippen MR) is 75.9 cm³/mol. The number of likely N-dealkylation sites (tertiary alicyclic amines) is 1. The number of carbonyl (C=O) groups excluding carboxylic acids is 1. The zero-order chi connectivity index (χ0) is 13.7. The van der Waals surface area contributed by atoms with E-state index in [-0.39, 0.29) is 11.8 Å². The first-order chi connectivity index (χ1) is 9.20. The Balaban J connectivity index is 1.90. The average Bonchev–Trinajstić information content (AvgIpc) is 2.48. The monoisotopic (exact) mass is 261 g/mol. The molecule has 1 aliphatic rings. The summed E-state index contributed by atoms with van der Waals surface area (Å²) >= 11 is 0. The van der Waals surface area contributed by atoms with E-state index in [0.29, 0.717) is 12.5 Å². The lowest BCUT2D eigenvalue weighted by Crippen LogP contribution is -2.47. The summed E-state index contributed by atoms with van der Waals surface area (Å²) in [7, 11) is 1.97. The molecule has 1 aromatic heterocycles. The van der Waals surface area contributed by atoms with Crippen LogP contribution in [0.4, 0.5) is 0 Å². The number of carbonyl (C=O) groups is 1. The predicted octanol–water partition coefficient (Wildman–Crippen LogP) is 1.79. The first-order valence-electron chi connectivity index (χ1n) is 7.05. The van der Waals surface area contributed by atoms with Crippen molar-refractivity contribution in [3.05, 3.63) is 30.1 Å². The van der Waals surface area contributed by atoms with Crippen LogP contribution in [0.15, 0.2) is 24.5 Å². The number of rotatable bonds is 4. The van der Waals surface area contributed by atoms with Crippen LogP contribution in [0.1, 0.15) is 37.7 Å². The molecule has 1 amide bonds. The minimum atomic E-state index is 0.255. The Hall–Kier alpha value is -1.42. The summed E-state index contributed by atoms with van der Waals surface area (Å²) in [5.74, 6) is 0.523. The van der Waals surface area contributed by atoms with Crippen molar-refractivity contribution in [2.24, 2.45) is 0 Å². The first-order valence-corrected chi connectivity index (χ1v) is 7.05. The molecule has 19 heavy (non-hydrogen) atoms. The maximum Gasteiger partial charge on any atom is 0.223 e. The topological polar surface area (TPSA) is 45.2 Å². The molecule has 0 unspecified atom stereocenters. The summed E-state index contributed by atoms with van der Waals surface area (Å²) in [5.41, 5.74) is 1.19. The van der Waals surface area contributed by atoms with E-state index in [9.17, 15) is 4.79 Å². The van der Waals surface area contributed by atoms with Crippen molar-refractivity contribution >= 4 is 5.91 Å². The smallest absolute Gasteiger partial charge is 0.223 e. The van der Waals surface area contributed by atoms with Crippen LogP contribution in [-0.4, -0.2) is 42.0 Å². The third-order valence-corrected chi connectivity index (χ3v) is 3.94. The van der Waals surface area contributed by atoms with E-state index in [1.807, 2.05) is 24.1 Å². The second-order valence-corrected chi connectivity index (χ2v) is 5.35. The Kier molecular flexibility index (Phi) is 4.91. The highest BCUT2D eigenvalue weighted by Crippen LogP contribution is 2.20. The van der Waals surface area contributed by atoms with Crippen molar-refractivity contribution in [2.75, 3.05) is 20.1 Å². The van der Waals surface area contributed by atoms with Crippen LogP contribution in [0.2, 0.25) is 0 Å². The Morgan fingerprint density at radius 2 is 2.26 bits per heavy atom. The molecule has 1 fully saturated rings. The van der Waals surface area contributed by atoms with Gasteiger partial charge in [-0.05, 0) is 43.5 Å². The van der Waals surface area contributed by atoms with Gasteiger partial charge in [0.05, 0.1) is 0 Å². The third kappa shape index (κ3) is 3.77. The molecule has 0 aromatic carbocycles. The van der Waals surface area contributed by atoms with Crippen molar-refractivity contribution in [3.8, 4) is 0 Å². The third-order valence-electron chi connectivity index (χ3n) is 3.94. The van der Waals surface area contributed by atoms with Crippen LogP contribution in [-0.2, 0) is 4.79 Å². The lowest BCUT2D eigenvalue weighted by Gasteiger charge is -2.33. The number of piperidine rings is 1. The summed E-state index contributed by atoms with van der Waals surface area (Å²) in [4.78, 5) is 18.3. The number of pyridine rings is 1. The zero-order valence-electron chi connectivity index (χ0n) is 11.8. The number of likely N-dealkylation sites (N-methyl/N-ethyl adjacent to an activating group) is 1. The number of hydrogen-bond acceptors (Lipinski definition) is 3. The number of hydrogen-bond donors (Lipinski definition) is 1. The minimum absolute atomic E-state index is 0.255. The highest BCUT2D eigenvalue weighted by Gasteiger charge is 2.23. The molecule has 1 aromatic rings. The van der Waals surface area contributed by atoms with Crippen molar-refractivity contribution in [1.29, 1.82) is 0 Å². The molecule has 0 saturated carbocycles. The molecule has 1 aliphatic heterocycles. The summed E-state index contributed by atoms with van der Waals surface area (Å²) < 4.78 is 0.